The maximum Gasteiger partial charge on any atom is 0.283 e. The van der Waals surface area contributed by atoms with Crippen molar-refractivity contribution in [3.05, 3.63) is 71.1 Å². The van der Waals surface area contributed by atoms with Gasteiger partial charge in [-0.1, -0.05) is 30.2 Å². The average Bonchev–Trinajstić information content (AvgIpc) is 3.37. The van der Waals surface area contributed by atoms with E-state index in [0.717, 1.165) is 29.6 Å². The highest BCUT2D eigenvalue weighted by Gasteiger charge is 2.66. The maximum absolute atomic E-state index is 15.1. The molecule has 1 fully saturated rings. The van der Waals surface area contributed by atoms with Gasteiger partial charge in [0.25, 0.3) is 6.02 Å². The molecular weight excluding hydrogens is 367 g/mol. The molecule has 1 unspecified atom stereocenters. The van der Waals surface area contributed by atoms with Gasteiger partial charge in [-0.3, -0.25) is 0 Å². The number of fused-ring (bicyclic) bond motifs is 3. The first-order valence-corrected chi connectivity index (χ1v) is 9.72. The van der Waals surface area contributed by atoms with Crippen molar-refractivity contribution in [2.45, 2.75) is 25.3 Å². The van der Waals surface area contributed by atoms with E-state index in [1.165, 1.54) is 6.07 Å². The molecule has 0 amide bonds. The highest BCUT2D eigenvalue weighted by atomic mass is 19.1. The highest BCUT2D eigenvalue weighted by Crippen LogP contribution is 2.65. The summed E-state index contributed by atoms with van der Waals surface area (Å²) in [6, 6.07) is 3.51. The summed E-state index contributed by atoms with van der Waals surface area (Å²) in [5.74, 6) is 6.14. The minimum atomic E-state index is -0.610. The molecule has 0 aromatic heterocycles. The highest BCUT2D eigenvalue weighted by molar-refractivity contribution is 5.80. The summed E-state index contributed by atoms with van der Waals surface area (Å²) in [5, 5.41) is 0. The molecule has 5 heteroatoms. The Morgan fingerprint density at radius 2 is 2.00 bits per heavy atom. The van der Waals surface area contributed by atoms with Gasteiger partial charge in [0.15, 0.2) is 0 Å². The summed E-state index contributed by atoms with van der Waals surface area (Å²) < 4.78 is 26.7. The predicted molar refractivity (Wildman–Crippen MR) is 111 cm³/mol. The first-order valence-electron chi connectivity index (χ1n) is 9.72. The van der Waals surface area contributed by atoms with Crippen molar-refractivity contribution in [3.8, 4) is 17.6 Å². The van der Waals surface area contributed by atoms with E-state index in [1.54, 1.807) is 6.92 Å². The zero-order valence-electron chi connectivity index (χ0n) is 16.2. The smallest absolute Gasteiger partial charge is 0.283 e. The van der Waals surface area contributed by atoms with Crippen molar-refractivity contribution in [1.29, 1.82) is 0 Å². The molecule has 1 saturated carbocycles. The molecule has 0 radical (unpaired) electrons. The molecule has 2 aliphatic heterocycles. The third-order valence-electron chi connectivity index (χ3n) is 6.14. The molecule has 2 heterocycles. The minimum absolute atomic E-state index is 0.122. The number of halogens is 1. The Bertz CT molecular complexity index is 1110. The van der Waals surface area contributed by atoms with Gasteiger partial charge in [-0.25, -0.2) is 9.38 Å². The SMILES string of the molecule is CC#CC1=C/C(c2cc3c(cc2F)OCC2(CC2)C32COC(N)=N2)=C\C=C\C=C1. The zero-order valence-corrected chi connectivity index (χ0v) is 16.2. The molecule has 5 rings (SSSR count). The van der Waals surface area contributed by atoms with Gasteiger partial charge in [0.1, 0.15) is 23.7 Å². The second-order valence-electron chi connectivity index (χ2n) is 7.84. The van der Waals surface area contributed by atoms with Crippen molar-refractivity contribution >= 4 is 11.6 Å². The van der Waals surface area contributed by atoms with Gasteiger partial charge in [-0.2, -0.15) is 0 Å². The lowest BCUT2D eigenvalue weighted by atomic mass is 9.74. The number of benzene rings is 1. The number of nitrogens with two attached hydrogens (primary N) is 1. The summed E-state index contributed by atoms with van der Waals surface area (Å²) in [5.41, 5.74) is 8.06. The van der Waals surface area contributed by atoms with Crippen molar-refractivity contribution in [3.63, 3.8) is 0 Å². The minimum Gasteiger partial charge on any atom is -0.492 e. The molecule has 1 atom stereocenters. The van der Waals surface area contributed by atoms with Crippen LogP contribution in [0, 0.1) is 23.1 Å². The molecule has 0 bridgehead atoms. The number of hydrogen-bond acceptors (Lipinski definition) is 4. The molecule has 2 spiro atoms. The number of allylic oxidation sites excluding steroid dienone is 8. The fraction of sp³-hybridized carbons (Fsp3) is 0.292. The second kappa shape index (κ2) is 6.38. The molecule has 29 heavy (non-hydrogen) atoms. The van der Waals surface area contributed by atoms with Crippen LogP contribution in [0.3, 0.4) is 0 Å². The number of aliphatic imine (C=N–C) groups is 1. The van der Waals surface area contributed by atoms with Crippen molar-refractivity contribution in [2.24, 2.45) is 16.1 Å². The van der Waals surface area contributed by atoms with Crippen molar-refractivity contribution < 1.29 is 13.9 Å². The van der Waals surface area contributed by atoms with E-state index in [9.17, 15) is 0 Å². The van der Waals surface area contributed by atoms with Crippen molar-refractivity contribution in [1.82, 2.24) is 0 Å². The van der Waals surface area contributed by atoms with Gasteiger partial charge >= 0.3 is 0 Å². The third-order valence-corrected chi connectivity index (χ3v) is 6.14. The van der Waals surface area contributed by atoms with Crippen molar-refractivity contribution in [2.75, 3.05) is 13.2 Å². The number of nitrogens with zero attached hydrogens (tertiary/aromatic N) is 1. The fourth-order valence-corrected chi connectivity index (χ4v) is 4.43. The summed E-state index contributed by atoms with van der Waals surface area (Å²) in [7, 11) is 0. The van der Waals surface area contributed by atoms with E-state index in [-0.39, 0.29) is 17.3 Å². The number of hydrogen-bond donors (Lipinski definition) is 1. The Morgan fingerprint density at radius 1 is 1.14 bits per heavy atom. The lowest BCUT2D eigenvalue weighted by Crippen LogP contribution is -2.44. The number of amidine groups is 1. The number of ether oxygens (including phenoxy) is 2. The fourth-order valence-electron chi connectivity index (χ4n) is 4.43. The van der Waals surface area contributed by atoms with Crippen LogP contribution in [0.1, 0.15) is 30.9 Å². The molecule has 2 N–H and O–H groups in total. The molecule has 1 aromatic rings. The van der Waals surface area contributed by atoms with Crippen LogP contribution in [-0.4, -0.2) is 19.2 Å². The average molecular weight is 388 g/mol. The van der Waals surface area contributed by atoms with Crippen LogP contribution in [0.5, 0.6) is 5.75 Å². The van der Waals surface area contributed by atoms with Gasteiger partial charge in [0, 0.05) is 28.2 Å². The normalized spacial score (nSPS) is 28.4. The Kier molecular flexibility index (Phi) is 3.92. The Morgan fingerprint density at radius 3 is 2.72 bits per heavy atom. The van der Waals surface area contributed by atoms with Gasteiger partial charge < -0.3 is 15.2 Å². The van der Waals surface area contributed by atoms with Crippen LogP contribution in [0.25, 0.3) is 5.57 Å². The van der Waals surface area contributed by atoms with E-state index >= 15 is 4.39 Å². The largest absolute Gasteiger partial charge is 0.492 e. The summed E-state index contributed by atoms with van der Waals surface area (Å²) in [6.45, 7) is 2.65. The van der Waals surface area contributed by atoms with E-state index < -0.39 is 5.54 Å². The van der Waals surface area contributed by atoms with Crippen LogP contribution < -0.4 is 10.5 Å². The van der Waals surface area contributed by atoms with E-state index in [4.69, 9.17) is 20.2 Å². The predicted octanol–water partition coefficient (Wildman–Crippen LogP) is 4.00. The summed E-state index contributed by atoms with van der Waals surface area (Å²) >= 11 is 0. The second-order valence-corrected chi connectivity index (χ2v) is 7.84. The van der Waals surface area contributed by atoms with Gasteiger partial charge in [0.05, 0.1) is 6.61 Å². The van der Waals surface area contributed by atoms with Crippen LogP contribution in [0.2, 0.25) is 0 Å². The molecule has 0 saturated heterocycles. The van der Waals surface area contributed by atoms with Crippen LogP contribution in [-0.2, 0) is 10.3 Å². The van der Waals surface area contributed by atoms with Gasteiger partial charge in [-0.05, 0) is 43.6 Å². The Labute approximate surface area is 169 Å². The lowest BCUT2D eigenvalue weighted by molar-refractivity contribution is 0.0866. The Hall–Kier alpha value is -3.26. The van der Waals surface area contributed by atoms with Gasteiger partial charge in [0.2, 0.25) is 0 Å². The quantitative estimate of drug-likeness (QED) is 0.740. The van der Waals surface area contributed by atoms with E-state index in [2.05, 4.69) is 11.8 Å². The lowest BCUT2D eigenvalue weighted by Gasteiger charge is -2.39. The molecule has 2 aliphatic carbocycles. The molecule has 1 aromatic carbocycles. The van der Waals surface area contributed by atoms with Crippen LogP contribution in [0.15, 0.2) is 59.2 Å². The number of rotatable bonds is 1. The van der Waals surface area contributed by atoms with E-state index in [1.807, 2.05) is 42.5 Å². The first-order chi connectivity index (χ1) is 14.1. The molecular formula is C24H21FN2O2. The summed E-state index contributed by atoms with van der Waals surface area (Å²) in [4.78, 5) is 4.72. The maximum atomic E-state index is 15.1. The van der Waals surface area contributed by atoms with E-state index in [0.29, 0.717) is 24.5 Å². The standard InChI is InChI=1S/C24H21FN2O2/c1-2-6-16-7-4-3-5-8-17(11-16)18-12-19-21(13-20(18)25)28-14-23(9-10-23)24(19)15-29-22(26)27-24/h3-5,7-8,11-13H,9-10,14-15H2,1H3,(H2,26,27)/b4-3?,5-3+,7-4?,8-5?,16-7?,16-11?,17-8+,17-11?. The summed E-state index contributed by atoms with van der Waals surface area (Å²) in [6.07, 6.45) is 13.4. The molecule has 4 nitrogen and oxygen atoms in total. The van der Waals surface area contributed by atoms with Gasteiger partial charge in [-0.15, -0.1) is 5.92 Å². The van der Waals surface area contributed by atoms with Crippen LogP contribution in [0.4, 0.5) is 4.39 Å². The first kappa shape index (κ1) is 17.8. The molecule has 4 aliphatic rings. The Balaban J connectivity index is 1.68. The van der Waals surface area contributed by atoms with Crippen LogP contribution >= 0.6 is 0 Å². The molecule has 146 valence electrons. The third kappa shape index (κ3) is 2.71. The zero-order chi connectivity index (χ0) is 20.1. The monoisotopic (exact) mass is 388 g/mol. The topological polar surface area (TPSA) is 56.8 Å².